The smallest absolute Gasteiger partial charge is 0.251 e. The fourth-order valence-electron chi connectivity index (χ4n) is 3.84. The third-order valence-corrected chi connectivity index (χ3v) is 6.00. The molecule has 4 N–H and O–H groups in total. The highest BCUT2D eigenvalue weighted by molar-refractivity contribution is 5.99. The molecule has 1 fully saturated rings. The van der Waals surface area contributed by atoms with Crippen LogP contribution in [0.1, 0.15) is 10.4 Å². The molecule has 11 heteroatoms. The van der Waals surface area contributed by atoms with Crippen LogP contribution in [0.4, 0.5) is 23.0 Å². The highest BCUT2D eigenvalue weighted by Crippen LogP contribution is 2.31. The number of azo groups is 1. The molecule has 2 heterocycles. The molecule has 2 aromatic carbocycles. The van der Waals surface area contributed by atoms with Gasteiger partial charge in [0, 0.05) is 31.7 Å². The van der Waals surface area contributed by atoms with Crippen molar-refractivity contribution in [1.82, 2.24) is 20.1 Å². The number of benzene rings is 2. The van der Waals surface area contributed by atoms with E-state index in [-0.39, 0.29) is 24.1 Å². The topological polar surface area (TPSA) is 138 Å². The lowest BCUT2D eigenvalue weighted by Crippen LogP contribution is -2.45. The molecule has 0 spiro atoms. The fraction of sp³-hybridized carbons (Fsp3) is 0.250. The molecular formula is C28H32N8O3. The van der Waals surface area contributed by atoms with E-state index in [9.17, 15) is 9.59 Å². The molecule has 0 aliphatic carbocycles. The van der Waals surface area contributed by atoms with E-state index in [0.29, 0.717) is 35.0 Å². The number of pyridine rings is 1. The van der Waals surface area contributed by atoms with Gasteiger partial charge in [-0.2, -0.15) is 0 Å². The quantitative estimate of drug-likeness (QED) is 0.270. The van der Waals surface area contributed by atoms with Crippen LogP contribution < -0.4 is 21.1 Å². The maximum Gasteiger partial charge on any atom is 0.251 e. The summed E-state index contributed by atoms with van der Waals surface area (Å²) in [5.41, 5.74) is 7.36. The van der Waals surface area contributed by atoms with E-state index in [1.165, 1.54) is 0 Å². The maximum absolute atomic E-state index is 12.2. The minimum absolute atomic E-state index is 0.0859. The molecule has 39 heavy (non-hydrogen) atoms. The van der Waals surface area contributed by atoms with E-state index in [1.54, 1.807) is 48.5 Å². The first-order chi connectivity index (χ1) is 18.9. The number of carbonyl (C=O) groups is 2. The average Bonchev–Trinajstić information content (AvgIpc) is 2.94. The molecule has 0 radical (unpaired) electrons. The van der Waals surface area contributed by atoms with Crippen molar-refractivity contribution < 1.29 is 14.3 Å². The minimum atomic E-state index is -0.441. The van der Waals surface area contributed by atoms with Crippen LogP contribution in [0.3, 0.4) is 0 Å². The normalized spacial score (nSPS) is 14.2. The maximum atomic E-state index is 12.2. The lowest BCUT2D eigenvalue weighted by molar-refractivity contribution is -0.115. The summed E-state index contributed by atoms with van der Waals surface area (Å²) in [6, 6.07) is 19.1. The van der Waals surface area contributed by atoms with Gasteiger partial charge in [0.25, 0.3) is 5.91 Å². The lowest BCUT2D eigenvalue weighted by atomic mass is 10.2. The minimum Gasteiger partial charge on any atom is -0.459 e. The Balaban J connectivity index is 1.32. The van der Waals surface area contributed by atoms with Gasteiger partial charge in [-0.25, -0.2) is 4.98 Å². The largest absolute Gasteiger partial charge is 0.459 e. The second kappa shape index (κ2) is 13.3. The number of rotatable bonds is 10. The van der Waals surface area contributed by atoms with Crippen LogP contribution in [-0.2, 0) is 4.79 Å². The van der Waals surface area contributed by atoms with Gasteiger partial charge in [-0.05, 0) is 43.4 Å². The third-order valence-electron chi connectivity index (χ3n) is 6.00. The van der Waals surface area contributed by atoms with Crippen molar-refractivity contribution >= 4 is 34.8 Å². The molecule has 202 valence electrons. The number of para-hydroxylation sites is 1. The number of amides is 2. The van der Waals surface area contributed by atoms with Crippen LogP contribution >= 0.6 is 0 Å². The van der Waals surface area contributed by atoms with E-state index in [4.69, 9.17) is 10.5 Å². The fourth-order valence-corrected chi connectivity index (χ4v) is 3.84. The molecule has 1 aromatic heterocycles. The van der Waals surface area contributed by atoms with E-state index in [1.807, 2.05) is 18.2 Å². The third kappa shape index (κ3) is 8.19. The van der Waals surface area contributed by atoms with Gasteiger partial charge in [0.15, 0.2) is 11.6 Å². The van der Waals surface area contributed by atoms with Gasteiger partial charge >= 0.3 is 0 Å². The van der Waals surface area contributed by atoms with Gasteiger partial charge < -0.3 is 26.0 Å². The Bertz CT molecular complexity index is 1340. The number of nitrogens with two attached hydrogens (primary N) is 1. The predicted octanol–water partition coefficient (Wildman–Crippen LogP) is 3.59. The van der Waals surface area contributed by atoms with Gasteiger partial charge in [-0.1, -0.05) is 36.9 Å². The molecule has 0 bridgehead atoms. The number of carbonyl (C=O) groups excluding carboxylic acids is 2. The Kier molecular flexibility index (Phi) is 9.33. The second-order valence-corrected chi connectivity index (χ2v) is 9.09. The Labute approximate surface area is 227 Å². The molecule has 1 aliphatic heterocycles. The van der Waals surface area contributed by atoms with E-state index in [0.717, 1.165) is 26.2 Å². The number of nitrogens with one attached hydrogen (secondary N) is 2. The highest BCUT2D eigenvalue weighted by atomic mass is 16.5. The number of piperazine rings is 1. The molecule has 3 aromatic rings. The van der Waals surface area contributed by atoms with Crippen molar-refractivity contribution in [1.29, 1.82) is 0 Å². The first-order valence-electron chi connectivity index (χ1n) is 12.5. The number of aromatic nitrogens is 1. The molecular weight excluding hydrogens is 496 g/mol. The van der Waals surface area contributed by atoms with E-state index < -0.39 is 5.91 Å². The summed E-state index contributed by atoms with van der Waals surface area (Å²) in [7, 11) is 2.12. The monoisotopic (exact) mass is 528 g/mol. The molecule has 2 amide bonds. The summed E-state index contributed by atoms with van der Waals surface area (Å²) in [6.45, 7) is 8.45. The Morgan fingerprint density at radius 1 is 0.974 bits per heavy atom. The summed E-state index contributed by atoms with van der Waals surface area (Å²) < 4.78 is 6.00. The van der Waals surface area contributed by atoms with Crippen molar-refractivity contribution in [2.75, 3.05) is 57.4 Å². The van der Waals surface area contributed by atoms with E-state index in [2.05, 4.69) is 49.3 Å². The molecule has 1 aliphatic rings. The Morgan fingerprint density at radius 2 is 1.67 bits per heavy atom. The number of anilines is 2. The Hall–Kier alpha value is -4.61. The summed E-state index contributed by atoms with van der Waals surface area (Å²) in [5.74, 6) is 0.693. The van der Waals surface area contributed by atoms with Crippen molar-refractivity contribution in [3.63, 3.8) is 0 Å². The molecule has 11 nitrogen and oxygen atoms in total. The van der Waals surface area contributed by atoms with Gasteiger partial charge in [-0.15, -0.1) is 10.2 Å². The van der Waals surface area contributed by atoms with Crippen molar-refractivity contribution in [2.45, 2.75) is 0 Å². The molecule has 1 saturated heterocycles. The van der Waals surface area contributed by atoms with Crippen molar-refractivity contribution in [3.05, 3.63) is 84.6 Å². The average molecular weight is 529 g/mol. The van der Waals surface area contributed by atoms with Crippen LogP contribution in [0.15, 0.2) is 89.3 Å². The number of nitrogens with zero attached hydrogens (tertiary/aromatic N) is 5. The number of likely N-dealkylation sites (N-methyl/N-ethyl adjacent to an activating group) is 1. The zero-order chi connectivity index (χ0) is 27.6. The standard InChI is InChI=1S/C28H32N8O3/c1-20(19-36-16-14-35(2)15-17-36)39-24-11-7-6-10-22(24)33-34-23-12-13-25(32-27(23)29)31-26(37)18-30-28(38)21-8-4-3-5-9-21/h3-13H,1,14-19H2,2H3,(H,30,38)(H3,29,31,32,37). The number of hydrogen-bond donors (Lipinski definition) is 3. The molecule has 0 atom stereocenters. The van der Waals surface area contributed by atoms with Crippen molar-refractivity contribution in [2.24, 2.45) is 10.2 Å². The first kappa shape index (κ1) is 27.4. The van der Waals surface area contributed by atoms with Gasteiger partial charge in [0.05, 0.1) is 13.1 Å². The predicted molar refractivity (Wildman–Crippen MR) is 150 cm³/mol. The number of nitrogen functional groups attached to an aromatic ring is 1. The zero-order valence-corrected chi connectivity index (χ0v) is 21.8. The second-order valence-electron chi connectivity index (χ2n) is 9.09. The zero-order valence-electron chi connectivity index (χ0n) is 21.8. The van der Waals surface area contributed by atoms with Crippen molar-refractivity contribution in [3.8, 4) is 5.75 Å². The highest BCUT2D eigenvalue weighted by Gasteiger charge is 2.16. The number of ether oxygens (including phenoxy) is 1. The summed E-state index contributed by atoms with van der Waals surface area (Å²) in [4.78, 5) is 33.1. The van der Waals surface area contributed by atoms with Crippen LogP contribution in [0.5, 0.6) is 5.75 Å². The van der Waals surface area contributed by atoms with Gasteiger partial charge in [0.1, 0.15) is 23.0 Å². The van der Waals surface area contributed by atoms with Crippen LogP contribution in [0, 0.1) is 0 Å². The van der Waals surface area contributed by atoms with Gasteiger partial charge in [0.2, 0.25) is 5.91 Å². The summed E-state index contributed by atoms with van der Waals surface area (Å²) >= 11 is 0. The Morgan fingerprint density at radius 3 is 2.41 bits per heavy atom. The molecule has 0 unspecified atom stereocenters. The van der Waals surface area contributed by atoms with Crippen LogP contribution in [-0.4, -0.2) is 72.9 Å². The lowest BCUT2D eigenvalue weighted by Gasteiger charge is -2.32. The van der Waals surface area contributed by atoms with Crippen LogP contribution in [0.2, 0.25) is 0 Å². The SMILES string of the molecule is C=C(CN1CCN(C)CC1)Oc1ccccc1N=Nc1ccc(NC(=O)CNC(=O)c2ccccc2)nc1N. The molecule has 4 rings (SSSR count). The van der Waals surface area contributed by atoms with E-state index >= 15 is 0 Å². The summed E-state index contributed by atoms with van der Waals surface area (Å²) in [6.07, 6.45) is 0. The van der Waals surface area contributed by atoms with Gasteiger partial charge in [-0.3, -0.25) is 14.5 Å². The summed E-state index contributed by atoms with van der Waals surface area (Å²) in [5, 5.41) is 13.7. The van der Waals surface area contributed by atoms with Crippen LogP contribution in [0.25, 0.3) is 0 Å². The molecule has 0 saturated carbocycles. The number of hydrogen-bond acceptors (Lipinski definition) is 9. The first-order valence-corrected chi connectivity index (χ1v) is 12.5.